The summed E-state index contributed by atoms with van der Waals surface area (Å²) in [6.07, 6.45) is 8.86. The molecule has 0 unspecified atom stereocenters. The van der Waals surface area contributed by atoms with Crippen molar-refractivity contribution >= 4 is 34.3 Å². The topological polar surface area (TPSA) is 75.0 Å². The Morgan fingerprint density at radius 2 is 1.88 bits per heavy atom. The third-order valence-corrected chi connectivity index (χ3v) is 7.86. The quantitative estimate of drug-likeness (QED) is 0.443. The molecule has 1 N–H and O–H groups in total. The monoisotopic (exact) mass is 474 g/mol. The van der Waals surface area contributed by atoms with Crippen LogP contribution in [0.1, 0.15) is 37.3 Å². The largest absolute Gasteiger partial charge is 0.364 e. The Morgan fingerprint density at radius 1 is 1.03 bits per heavy atom. The second-order valence-electron chi connectivity index (χ2n) is 9.31. The number of likely N-dealkylation sites (N-methyl/N-ethyl adjacent to an activating group) is 1. The van der Waals surface area contributed by atoms with E-state index in [-0.39, 0.29) is 0 Å². The zero-order valence-electron chi connectivity index (χ0n) is 19.5. The lowest BCUT2D eigenvalue weighted by Crippen LogP contribution is -2.45. The molecule has 1 saturated carbocycles. The Kier molecular flexibility index (Phi) is 5.88. The van der Waals surface area contributed by atoms with Crippen LogP contribution in [0.2, 0.25) is 0 Å². The van der Waals surface area contributed by atoms with Crippen molar-refractivity contribution in [1.82, 2.24) is 29.4 Å². The minimum Gasteiger partial charge on any atom is -0.364 e. The highest BCUT2D eigenvalue weighted by Crippen LogP contribution is 2.33. The van der Waals surface area contributed by atoms with Crippen LogP contribution in [0.15, 0.2) is 42.2 Å². The van der Waals surface area contributed by atoms with Gasteiger partial charge >= 0.3 is 0 Å². The average Bonchev–Trinajstić information content (AvgIpc) is 3.65. The predicted octanol–water partition coefficient (Wildman–Crippen LogP) is 4.43. The van der Waals surface area contributed by atoms with Gasteiger partial charge in [-0.25, -0.2) is 4.98 Å². The van der Waals surface area contributed by atoms with Crippen LogP contribution in [0.3, 0.4) is 0 Å². The summed E-state index contributed by atoms with van der Waals surface area (Å²) in [5.41, 5.74) is 3.93. The lowest BCUT2D eigenvalue weighted by atomic mass is 10.2. The highest BCUT2D eigenvalue weighted by atomic mass is 32.1. The molecule has 2 aliphatic rings. The molecular weight excluding hydrogens is 444 g/mol. The van der Waals surface area contributed by atoms with Crippen molar-refractivity contribution in [2.24, 2.45) is 0 Å². The van der Waals surface area contributed by atoms with Gasteiger partial charge in [-0.2, -0.15) is 9.97 Å². The van der Waals surface area contributed by atoms with Crippen LogP contribution in [-0.2, 0) is 6.54 Å². The molecule has 4 aromatic heterocycles. The molecule has 1 aliphatic carbocycles. The maximum Gasteiger partial charge on any atom is 0.229 e. The number of nitrogens with zero attached hydrogens (tertiary/aromatic N) is 7. The molecule has 34 heavy (non-hydrogen) atoms. The fourth-order valence-electron chi connectivity index (χ4n) is 4.91. The van der Waals surface area contributed by atoms with E-state index >= 15 is 0 Å². The molecule has 176 valence electrons. The summed E-state index contributed by atoms with van der Waals surface area (Å²) in [5, 5.41) is 5.63. The molecule has 0 aromatic carbocycles. The van der Waals surface area contributed by atoms with E-state index in [9.17, 15) is 0 Å². The van der Waals surface area contributed by atoms with Gasteiger partial charge in [0.05, 0.1) is 16.9 Å². The van der Waals surface area contributed by atoms with E-state index in [2.05, 4.69) is 61.4 Å². The second kappa shape index (κ2) is 9.31. The third kappa shape index (κ3) is 4.25. The maximum atomic E-state index is 5.03. The summed E-state index contributed by atoms with van der Waals surface area (Å²) in [6, 6.07) is 8.86. The fraction of sp³-hybridized carbons (Fsp3) is 0.440. The van der Waals surface area contributed by atoms with Gasteiger partial charge in [0.25, 0.3) is 0 Å². The molecule has 0 radical (unpaired) electrons. The van der Waals surface area contributed by atoms with E-state index < -0.39 is 0 Å². The highest BCUT2D eigenvalue weighted by molar-refractivity contribution is 7.13. The Morgan fingerprint density at radius 3 is 2.62 bits per heavy atom. The van der Waals surface area contributed by atoms with Gasteiger partial charge in [0, 0.05) is 45.0 Å². The molecular formula is C25H30N8S. The fourth-order valence-corrected chi connectivity index (χ4v) is 5.61. The number of hydrogen-bond donors (Lipinski definition) is 1. The molecule has 9 heteroatoms. The molecule has 5 heterocycles. The molecule has 2 fully saturated rings. The summed E-state index contributed by atoms with van der Waals surface area (Å²) in [7, 11) is 2.17. The van der Waals surface area contributed by atoms with Crippen LogP contribution in [0.4, 0.5) is 11.8 Å². The van der Waals surface area contributed by atoms with Crippen molar-refractivity contribution in [2.45, 2.75) is 38.3 Å². The van der Waals surface area contributed by atoms with Crippen molar-refractivity contribution < 1.29 is 0 Å². The van der Waals surface area contributed by atoms with Gasteiger partial charge in [-0.15, -0.1) is 11.3 Å². The van der Waals surface area contributed by atoms with Crippen molar-refractivity contribution in [3.8, 4) is 10.6 Å². The van der Waals surface area contributed by atoms with E-state index in [4.69, 9.17) is 15.0 Å². The smallest absolute Gasteiger partial charge is 0.229 e. The Bertz CT molecular complexity index is 1240. The number of fused-ring (bicyclic) bond motifs is 1. The number of rotatable bonds is 6. The summed E-state index contributed by atoms with van der Waals surface area (Å²) in [5.74, 6) is 1.60. The summed E-state index contributed by atoms with van der Waals surface area (Å²) < 4.78 is 2.28. The molecule has 4 aromatic rings. The lowest BCUT2D eigenvalue weighted by Gasteiger charge is -2.32. The van der Waals surface area contributed by atoms with Crippen LogP contribution in [0.5, 0.6) is 0 Å². The summed E-state index contributed by atoms with van der Waals surface area (Å²) in [6.45, 7) is 4.56. The Hall–Kier alpha value is -3.04. The molecule has 8 nitrogen and oxygen atoms in total. The normalized spacial score (nSPS) is 17.6. The van der Waals surface area contributed by atoms with Crippen molar-refractivity contribution in [2.75, 3.05) is 43.4 Å². The van der Waals surface area contributed by atoms with Gasteiger partial charge in [0.2, 0.25) is 5.95 Å². The van der Waals surface area contributed by atoms with Crippen molar-refractivity contribution in [1.29, 1.82) is 0 Å². The number of piperazine rings is 1. The first-order valence-electron chi connectivity index (χ1n) is 12.2. The van der Waals surface area contributed by atoms with Crippen LogP contribution < -0.4 is 10.2 Å². The van der Waals surface area contributed by atoms with Crippen LogP contribution >= 0.6 is 11.3 Å². The summed E-state index contributed by atoms with van der Waals surface area (Å²) >= 11 is 1.71. The standard InChI is InChI=1S/C25H30N8S/c1-31-10-12-32(13-11-31)25-29-23(22-24(30-25)33(17-28-22)19-5-2-3-6-19)27-16-18-8-9-20(26-15-18)21-7-4-14-34-21/h4,7-9,14-15,17,19H,2-3,5-6,10-13,16H2,1H3,(H,27,29,30). The minimum absolute atomic E-state index is 0.488. The maximum absolute atomic E-state index is 5.03. The number of anilines is 2. The van der Waals surface area contributed by atoms with Gasteiger partial charge in [0.1, 0.15) is 0 Å². The predicted molar refractivity (Wildman–Crippen MR) is 137 cm³/mol. The van der Waals surface area contributed by atoms with Crippen molar-refractivity contribution in [3.05, 3.63) is 47.7 Å². The SMILES string of the molecule is CN1CCN(c2nc(NCc3ccc(-c4cccs4)nc3)c3ncn(C4CCCC4)c3n2)CC1. The minimum atomic E-state index is 0.488. The first-order valence-corrected chi connectivity index (χ1v) is 13.0. The number of nitrogens with one attached hydrogen (secondary N) is 1. The lowest BCUT2D eigenvalue weighted by molar-refractivity contribution is 0.311. The van der Waals surface area contributed by atoms with Gasteiger partial charge in [-0.1, -0.05) is 25.0 Å². The van der Waals surface area contributed by atoms with Crippen LogP contribution in [0, 0.1) is 0 Å². The van der Waals surface area contributed by atoms with Gasteiger partial charge in [-0.05, 0) is 43.0 Å². The number of hydrogen-bond acceptors (Lipinski definition) is 8. The van der Waals surface area contributed by atoms with Crippen LogP contribution in [-0.4, -0.2) is 62.6 Å². The highest BCUT2D eigenvalue weighted by Gasteiger charge is 2.24. The molecule has 0 amide bonds. The average molecular weight is 475 g/mol. The van der Waals surface area contributed by atoms with E-state index in [1.165, 1.54) is 30.6 Å². The van der Waals surface area contributed by atoms with E-state index in [1.807, 2.05) is 12.5 Å². The number of aromatic nitrogens is 5. The van der Waals surface area contributed by atoms with E-state index in [0.29, 0.717) is 12.6 Å². The number of pyridine rings is 1. The Balaban J connectivity index is 1.29. The second-order valence-corrected chi connectivity index (χ2v) is 10.3. The zero-order chi connectivity index (χ0) is 22.9. The zero-order valence-corrected chi connectivity index (χ0v) is 20.3. The first-order chi connectivity index (χ1) is 16.7. The van der Waals surface area contributed by atoms with E-state index in [0.717, 1.165) is 60.4 Å². The molecule has 1 aliphatic heterocycles. The molecule has 0 bridgehead atoms. The van der Waals surface area contributed by atoms with E-state index in [1.54, 1.807) is 11.3 Å². The number of thiophene rings is 1. The molecule has 6 rings (SSSR count). The first kappa shape index (κ1) is 21.5. The number of imidazole rings is 1. The van der Waals surface area contributed by atoms with Gasteiger partial charge in [0.15, 0.2) is 17.0 Å². The summed E-state index contributed by atoms with van der Waals surface area (Å²) in [4.78, 5) is 25.2. The van der Waals surface area contributed by atoms with Crippen LogP contribution in [0.25, 0.3) is 21.7 Å². The molecule has 0 atom stereocenters. The van der Waals surface area contributed by atoms with Gasteiger partial charge in [-0.3, -0.25) is 4.98 Å². The Labute approximate surface area is 203 Å². The molecule has 0 spiro atoms. The van der Waals surface area contributed by atoms with Crippen molar-refractivity contribution in [3.63, 3.8) is 0 Å². The third-order valence-electron chi connectivity index (χ3n) is 6.97. The molecule has 1 saturated heterocycles. The van der Waals surface area contributed by atoms with Gasteiger partial charge < -0.3 is 19.7 Å².